The second-order valence-corrected chi connectivity index (χ2v) is 2.98. The Morgan fingerprint density at radius 3 is 3.08 bits per heavy atom. The van der Waals surface area contributed by atoms with E-state index in [-0.39, 0.29) is 0 Å². The minimum atomic E-state index is 0.783. The summed E-state index contributed by atoms with van der Waals surface area (Å²) in [5.74, 6) is 1.03. The first-order valence-corrected chi connectivity index (χ1v) is 4.23. The number of hydrogen-bond donors (Lipinski definition) is 1. The molecule has 0 aromatic carbocycles. The van der Waals surface area contributed by atoms with E-state index >= 15 is 0 Å². The summed E-state index contributed by atoms with van der Waals surface area (Å²) in [4.78, 5) is 8.53. The molecule has 0 aliphatic carbocycles. The monoisotopic (exact) mass is 176 g/mol. The normalized spacial score (nSPS) is 10.9. The third-order valence-electron chi connectivity index (χ3n) is 2.11. The van der Waals surface area contributed by atoms with Crippen molar-refractivity contribution in [3.05, 3.63) is 24.3 Å². The van der Waals surface area contributed by atoms with Crippen LogP contribution in [0.15, 0.2) is 18.5 Å². The van der Waals surface area contributed by atoms with Gasteiger partial charge in [-0.2, -0.15) is 0 Å². The Balaban J connectivity index is 2.60. The van der Waals surface area contributed by atoms with Gasteiger partial charge in [-0.05, 0) is 13.1 Å². The summed E-state index contributed by atoms with van der Waals surface area (Å²) in [5.41, 5.74) is 2.08. The van der Waals surface area contributed by atoms with E-state index < -0.39 is 0 Å². The Bertz CT molecular complexity index is 418. The van der Waals surface area contributed by atoms with E-state index in [0.29, 0.717) is 0 Å². The molecule has 0 bridgehead atoms. The van der Waals surface area contributed by atoms with Gasteiger partial charge in [0, 0.05) is 13.2 Å². The summed E-state index contributed by atoms with van der Waals surface area (Å²) >= 11 is 0. The largest absolute Gasteiger partial charge is 0.329 e. The minimum absolute atomic E-state index is 0.783. The molecule has 0 atom stereocenters. The van der Waals surface area contributed by atoms with Crippen LogP contribution in [-0.4, -0.2) is 21.6 Å². The molecule has 0 aliphatic rings. The summed E-state index contributed by atoms with van der Waals surface area (Å²) in [6.45, 7) is 0.783. The molecule has 0 fully saturated rings. The number of fused-ring (bicyclic) bond motifs is 1. The zero-order valence-corrected chi connectivity index (χ0v) is 7.78. The zero-order chi connectivity index (χ0) is 9.26. The maximum absolute atomic E-state index is 4.46. The lowest BCUT2D eigenvalue weighted by atomic mass is 10.4. The lowest BCUT2D eigenvalue weighted by Crippen LogP contribution is -2.10. The Labute approximate surface area is 76.6 Å². The Morgan fingerprint density at radius 2 is 2.38 bits per heavy atom. The van der Waals surface area contributed by atoms with Crippen LogP contribution >= 0.6 is 0 Å². The summed E-state index contributed by atoms with van der Waals surface area (Å²) in [7, 11) is 3.92. The fourth-order valence-corrected chi connectivity index (χ4v) is 1.40. The van der Waals surface area contributed by atoms with Crippen molar-refractivity contribution in [1.82, 2.24) is 19.9 Å². The number of pyridine rings is 1. The molecule has 0 saturated carbocycles. The highest BCUT2D eigenvalue weighted by Crippen LogP contribution is 2.12. The van der Waals surface area contributed by atoms with Crippen LogP contribution in [0.2, 0.25) is 0 Å². The van der Waals surface area contributed by atoms with Gasteiger partial charge in [0.1, 0.15) is 5.82 Å². The second kappa shape index (κ2) is 3.14. The SMILES string of the molecule is CNCc1nc2ccncc2n1C. The third kappa shape index (κ3) is 1.29. The second-order valence-electron chi connectivity index (χ2n) is 2.98. The fraction of sp³-hybridized carbons (Fsp3) is 0.333. The summed E-state index contributed by atoms with van der Waals surface area (Å²) in [6, 6.07) is 1.93. The van der Waals surface area contributed by atoms with E-state index in [1.165, 1.54) is 0 Å². The van der Waals surface area contributed by atoms with Crippen molar-refractivity contribution in [1.29, 1.82) is 0 Å². The lowest BCUT2D eigenvalue weighted by Gasteiger charge is -1.99. The first kappa shape index (κ1) is 8.19. The molecule has 2 aromatic rings. The highest BCUT2D eigenvalue weighted by atomic mass is 15.1. The highest BCUT2D eigenvalue weighted by Gasteiger charge is 2.05. The number of imidazole rings is 1. The van der Waals surface area contributed by atoms with Gasteiger partial charge in [0.05, 0.1) is 23.8 Å². The fourth-order valence-electron chi connectivity index (χ4n) is 1.40. The number of nitrogens with zero attached hydrogens (tertiary/aromatic N) is 3. The average molecular weight is 176 g/mol. The molecule has 1 N–H and O–H groups in total. The van der Waals surface area contributed by atoms with E-state index in [2.05, 4.69) is 19.9 Å². The molecule has 0 aliphatic heterocycles. The van der Waals surface area contributed by atoms with E-state index in [9.17, 15) is 0 Å². The maximum atomic E-state index is 4.46. The molecule has 0 unspecified atom stereocenters. The van der Waals surface area contributed by atoms with Crippen molar-refractivity contribution in [2.45, 2.75) is 6.54 Å². The van der Waals surface area contributed by atoms with Gasteiger partial charge in [-0.1, -0.05) is 0 Å². The molecular formula is C9H12N4. The van der Waals surface area contributed by atoms with Crippen LogP contribution in [-0.2, 0) is 13.6 Å². The van der Waals surface area contributed by atoms with Crippen LogP contribution in [0.3, 0.4) is 0 Å². The van der Waals surface area contributed by atoms with Crippen LogP contribution in [0.4, 0.5) is 0 Å². The Kier molecular flexibility index (Phi) is 1.98. The predicted molar refractivity (Wildman–Crippen MR) is 51.3 cm³/mol. The van der Waals surface area contributed by atoms with Gasteiger partial charge in [0.25, 0.3) is 0 Å². The van der Waals surface area contributed by atoms with E-state index in [4.69, 9.17) is 0 Å². The smallest absolute Gasteiger partial charge is 0.123 e. The van der Waals surface area contributed by atoms with Crippen molar-refractivity contribution in [3.63, 3.8) is 0 Å². The van der Waals surface area contributed by atoms with Gasteiger partial charge in [-0.25, -0.2) is 4.98 Å². The number of aromatic nitrogens is 3. The third-order valence-corrected chi connectivity index (χ3v) is 2.11. The molecule has 2 heterocycles. The number of aryl methyl sites for hydroxylation is 1. The molecule has 2 rings (SSSR count). The summed E-state index contributed by atoms with van der Waals surface area (Å²) in [6.07, 6.45) is 3.60. The van der Waals surface area contributed by atoms with Gasteiger partial charge >= 0.3 is 0 Å². The molecule has 4 nitrogen and oxygen atoms in total. The average Bonchev–Trinajstić information content (AvgIpc) is 2.46. The van der Waals surface area contributed by atoms with Gasteiger partial charge in [-0.15, -0.1) is 0 Å². The molecule has 0 saturated heterocycles. The first-order valence-electron chi connectivity index (χ1n) is 4.23. The predicted octanol–water partition coefficient (Wildman–Crippen LogP) is 0.688. The van der Waals surface area contributed by atoms with E-state index in [1.807, 2.05) is 26.4 Å². The number of hydrogen-bond acceptors (Lipinski definition) is 3. The van der Waals surface area contributed by atoms with Crippen molar-refractivity contribution in [2.24, 2.45) is 7.05 Å². The summed E-state index contributed by atoms with van der Waals surface area (Å²) in [5, 5.41) is 3.08. The van der Waals surface area contributed by atoms with Crippen LogP contribution in [0.25, 0.3) is 11.0 Å². The number of nitrogens with one attached hydrogen (secondary N) is 1. The van der Waals surface area contributed by atoms with Gasteiger partial charge in [0.2, 0.25) is 0 Å². The summed E-state index contributed by atoms with van der Waals surface area (Å²) < 4.78 is 2.05. The van der Waals surface area contributed by atoms with Crippen molar-refractivity contribution < 1.29 is 0 Å². The van der Waals surface area contributed by atoms with Gasteiger partial charge in [-0.3, -0.25) is 4.98 Å². The van der Waals surface area contributed by atoms with E-state index in [0.717, 1.165) is 23.4 Å². The van der Waals surface area contributed by atoms with Crippen LogP contribution in [0.5, 0.6) is 0 Å². The molecule has 0 spiro atoms. The first-order chi connectivity index (χ1) is 6.33. The number of rotatable bonds is 2. The Hall–Kier alpha value is -1.42. The van der Waals surface area contributed by atoms with E-state index in [1.54, 1.807) is 6.20 Å². The van der Waals surface area contributed by atoms with Crippen molar-refractivity contribution in [2.75, 3.05) is 7.05 Å². The van der Waals surface area contributed by atoms with Crippen LogP contribution in [0.1, 0.15) is 5.82 Å². The van der Waals surface area contributed by atoms with Gasteiger partial charge < -0.3 is 9.88 Å². The molecular weight excluding hydrogens is 164 g/mol. The van der Waals surface area contributed by atoms with Gasteiger partial charge in [0.15, 0.2) is 0 Å². The molecule has 0 amide bonds. The van der Waals surface area contributed by atoms with Crippen LogP contribution < -0.4 is 5.32 Å². The quantitative estimate of drug-likeness (QED) is 0.732. The lowest BCUT2D eigenvalue weighted by molar-refractivity contribution is 0.718. The minimum Gasteiger partial charge on any atom is -0.329 e. The zero-order valence-electron chi connectivity index (χ0n) is 7.78. The molecule has 0 radical (unpaired) electrons. The topological polar surface area (TPSA) is 42.7 Å². The van der Waals surface area contributed by atoms with Crippen molar-refractivity contribution >= 4 is 11.0 Å². The standard InChI is InChI=1S/C9H12N4/c1-10-6-9-12-7-3-4-11-5-8(7)13(9)2/h3-5,10H,6H2,1-2H3. The Morgan fingerprint density at radius 1 is 1.54 bits per heavy atom. The highest BCUT2D eigenvalue weighted by molar-refractivity contribution is 5.74. The molecule has 4 heteroatoms. The molecule has 68 valence electrons. The van der Waals surface area contributed by atoms with Crippen LogP contribution in [0, 0.1) is 0 Å². The molecule has 2 aromatic heterocycles. The maximum Gasteiger partial charge on any atom is 0.123 e. The van der Waals surface area contributed by atoms with Crippen molar-refractivity contribution in [3.8, 4) is 0 Å². The molecule has 13 heavy (non-hydrogen) atoms.